The van der Waals surface area contributed by atoms with E-state index in [1.54, 1.807) is 22.5 Å². The molecule has 0 unspecified atom stereocenters. The Hall–Kier alpha value is -2.18. The maximum absolute atomic E-state index is 13.6. The van der Waals surface area contributed by atoms with Crippen molar-refractivity contribution in [3.05, 3.63) is 60.0 Å². The second-order valence-electron chi connectivity index (χ2n) is 4.71. The zero-order valence-electron chi connectivity index (χ0n) is 12.0. The van der Waals surface area contributed by atoms with Crippen molar-refractivity contribution in [3.8, 4) is 16.9 Å². The van der Waals surface area contributed by atoms with Gasteiger partial charge >= 0.3 is 0 Å². The van der Waals surface area contributed by atoms with Crippen LogP contribution in [0.15, 0.2) is 53.4 Å². The van der Waals surface area contributed by atoms with Gasteiger partial charge in [-0.3, -0.25) is 0 Å². The van der Waals surface area contributed by atoms with Crippen LogP contribution in [0.5, 0.6) is 0 Å². The predicted molar refractivity (Wildman–Crippen MR) is 86.4 cm³/mol. The van der Waals surface area contributed by atoms with E-state index < -0.39 is 0 Å². The summed E-state index contributed by atoms with van der Waals surface area (Å²) in [7, 11) is 0. The summed E-state index contributed by atoms with van der Waals surface area (Å²) in [6, 6.07) is 14.3. The SMILES string of the molecule is CSc1cccc(-n2nnc(CN)c2-c2cccc(F)c2)c1. The maximum Gasteiger partial charge on any atom is 0.123 e. The topological polar surface area (TPSA) is 56.7 Å². The minimum absolute atomic E-state index is 0.244. The van der Waals surface area contributed by atoms with E-state index in [0.29, 0.717) is 11.3 Å². The molecule has 0 aliphatic heterocycles. The van der Waals surface area contributed by atoms with Crippen molar-refractivity contribution in [2.45, 2.75) is 11.4 Å². The van der Waals surface area contributed by atoms with Gasteiger partial charge in [0.25, 0.3) is 0 Å². The molecule has 0 saturated carbocycles. The molecule has 0 saturated heterocycles. The molecule has 0 atom stereocenters. The summed E-state index contributed by atoms with van der Waals surface area (Å²) in [5, 5.41) is 8.32. The number of nitrogens with zero attached hydrogens (tertiary/aromatic N) is 3. The quantitative estimate of drug-likeness (QED) is 0.751. The molecule has 0 bridgehead atoms. The van der Waals surface area contributed by atoms with Gasteiger partial charge < -0.3 is 5.73 Å². The summed E-state index contributed by atoms with van der Waals surface area (Å²) in [6.07, 6.45) is 2.01. The van der Waals surface area contributed by atoms with Gasteiger partial charge in [-0.05, 0) is 36.6 Å². The molecule has 0 amide bonds. The highest BCUT2D eigenvalue weighted by Crippen LogP contribution is 2.27. The number of rotatable bonds is 4. The van der Waals surface area contributed by atoms with Crippen LogP contribution in [0.1, 0.15) is 5.69 Å². The van der Waals surface area contributed by atoms with Crippen molar-refractivity contribution < 1.29 is 4.39 Å². The average Bonchev–Trinajstić information content (AvgIpc) is 2.99. The van der Waals surface area contributed by atoms with Gasteiger partial charge in [0.2, 0.25) is 0 Å². The van der Waals surface area contributed by atoms with Gasteiger partial charge in [-0.2, -0.15) is 0 Å². The number of hydrogen-bond donors (Lipinski definition) is 1. The number of halogens is 1. The molecule has 3 rings (SSSR count). The van der Waals surface area contributed by atoms with Crippen LogP contribution < -0.4 is 5.73 Å². The van der Waals surface area contributed by atoms with Crippen LogP contribution in [-0.2, 0) is 6.54 Å². The van der Waals surface area contributed by atoms with Crippen LogP contribution in [0.4, 0.5) is 4.39 Å². The van der Waals surface area contributed by atoms with Crippen LogP contribution in [0.25, 0.3) is 16.9 Å². The Kier molecular flexibility index (Phi) is 4.22. The molecule has 0 fully saturated rings. The monoisotopic (exact) mass is 314 g/mol. The van der Waals surface area contributed by atoms with Gasteiger partial charge in [-0.15, -0.1) is 16.9 Å². The van der Waals surface area contributed by atoms with Crippen LogP contribution in [0.3, 0.4) is 0 Å². The number of aromatic nitrogens is 3. The summed E-state index contributed by atoms with van der Waals surface area (Å²) >= 11 is 1.65. The molecule has 0 aliphatic carbocycles. The molecule has 6 heteroatoms. The largest absolute Gasteiger partial charge is 0.325 e. The Morgan fingerprint density at radius 1 is 1.18 bits per heavy atom. The highest BCUT2D eigenvalue weighted by atomic mass is 32.2. The lowest BCUT2D eigenvalue weighted by Gasteiger charge is -2.09. The fourth-order valence-electron chi connectivity index (χ4n) is 2.30. The Morgan fingerprint density at radius 2 is 2.00 bits per heavy atom. The molecule has 0 radical (unpaired) electrons. The third-order valence-electron chi connectivity index (χ3n) is 3.33. The summed E-state index contributed by atoms with van der Waals surface area (Å²) in [5.74, 6) is -0.300. The lowest BCUT2D eigenvalue weighted by molar-refractivity contribution is 0.628. The van der Waals surface area contributed by atoms with Crippen molar-refractivity contribution >= 4 is 11.8 Å². The van der Waals surface area contributed by atoms with Crippen molar-refractivity contribution in [1.82, 2.24) is 15.0 Å². The molecule has 1 aromatic heterocycles. The van der Waals surface area contributed by atoms with E-state index in [0.717, 1.165) is 16.3 Å². The zero-order valence-corrected chi connectivity index (χ0v) is 12.8. The number of nitrogens with two attached hydrogens (primary N) is 1. The smallest absolute Gasteiger partial charge is 0.123 e. The normalized spacial score (nSPS) is 10.9. The molecule has 0 spiro atoms. The fourth-order valence-corrected chi connectivity index (χ4v) is 2.75. The van der Waals surface area contributed by atoms with Crippen molar-refractivity contribution in [2.75, 3.05) is 6.26 Å². The van der Waals surface area contributed by atoms with E-state index in [9.17, 15) is 4.39 Å². The van der Waals surface area contributed by atoms with Gasteiger partial charge in [0, 0.05) is 17.0 Å². The van der Waals surface area contributed by atoms with E-state index in [4.69, 9.17) is 5.73 Å². The van der Waals surface area contributed by atoms with Crippen molar-refractivity contribution in [1.29, 1.82) is 0 Å². The zero-order chi connectivity index (χ0) is 15.5. The fraction of sp³-hybridized carbons (Fsp3) is 0.125. The first kappa shape index (κ1) is 14.7. The third kappa shape index (κ3) is 2.75. The second kappa shape index (κ2) is 6.29. The molecular formula is C16H15FN4S. The molecule has 2 N–H and O–H groups in total. The van der Waals surface area contributed by atoms with Crippen molar-refractivity contribution in [2.24, 2.45) is 5.73 Å². The molecule has 4 nitrogen and oxygen atoms in total. The molecular weight excluding hydrogens is 299 g/mol. The first-order chi connectivity index (χ1) is 10.7. The summed E-state index contributed by atoms with van der Waals surface area (Å²) < 4.78 is 15.3. The van der Waals surface area contributed by atoms with E-state index >= 15 is 0 Å². The molecule has 22 heavy (non-hydrogen) atoms. The van der Waals surface area contributed by atoms with Crippen LogP contribution in [0.2, 0.25) is 0 Å². The summed E-state index contributed by atoms with van der Waals surface area (Å²) in [5.41, 5.74) is 8.70. The average molecular weight is 314 g/mol. The van der Waals surface area contributed by atoms with E-state index in [1.807, 2.05) is 36.6 Å². The van der Waals surface area contributed by atoms with Crippen molar-refractivity contribution in [3.63, 3.8) is 0 Å². The molecule has 2 aromatic carbocycles. The summed E-state index contributed by atoms with van der Waals surface area (Å²) in [6.45, 7) is 0.244. The Labute approximate surface area is 132 Å². The van der Waals surface area contributed by atoms with Gasteiger partial charge in [0.1, 0.15) is 11.5 Å². The summed E-state index contributed by atoms with van der Waals surface area (Å²) in [4.78, 5) is 1.12. The van der Waals surface area contributed by atoms with Crippen LogP contribution >= 0.6 is 11.8 Å². The lowest BCUT2D eigenvalue weighted by Crippen LogP contribution is -2.03. The molecule has 0 aliphatic rings. The second-order valence-corrected chi connectivity index (χ2v) is 5.59. The van der Waals surface area contributed by atoms with Gasteiger partial charge in [-0.1, -0.05) is 23.4 Å². The van der Waals surface area contributed by atoms with Crippen LogP contribution in [-0.4, -0.2) is 21.2 Å². The number of hydrogen-bond acceptors (Lipinski definition) is 4. The minimum Gasteiger partial charge on any atom is -0.325 e. The Bertz CT molecular complexity index is 800. The first-order valence-electron chi connectivity index (χ1n) is 6.78. The maximum atomic E-state index is 13.6. The standard InChI is InChI=1S/C16H15FN4S/c1-22-14-7-3-6-13(9-14)21-16(15(10-18)19-20-21)11-4-2-5-12(17)8-11/h2-9H,10,18H2,1H3. The Morgan fingerprint density at radius 3 is 2.73 bits per heavy atom. The Balaban J connectivity index is 2.19. The first-order valence-corrected chi connectivity index (χ1v) is 8.00. The van der Waals surface area contributed by atoms with Gasteiger partial charge in [0.15, 0.2) is 0 Å². The predicted octanol–water partition coefficient (Wildman–Crippen LogP) is 3.25. The van der Waals surface area contributed by atoms with Gasteiger partial charge in [0.05, 0.1) is 11.4 Å². The van der Waals surface area contributed by atoms with Gasteiger partial charge in [-0.25, -0.2) is 9.07 Å². The van der Waals surface area contributed by atoms with E-state index in [1.165, 1.54) is 12.1 Å². The highest BCUT2D eigenvalue weighted by molar-refractivity contribution is 7.98. The molecule has 3 aromatic rings. The van der Waals surface area contributed by atoms with E-state index in [-0.39, 0.29) is 12.4 Å². The van der Waals surface area contributed by atoms with E-state index in [2.05, 4.69) is 10.3 Å². The minimum atomic E-state index is -0.300. The number of thioether (sulfide) groups is 1. The van der Waals surface area contributed by atoms with Crippen LogP contribution in [0, 0.1) is 5.82 Å². The molecule has 112 valence electrons. The molecule has 1 heterocycles. The number of benzene rings is 2. The highest BCUT2D eigenvalue weighted by Gasteiger charge is 2.16. The lowest BCUT2D eigenvalue weighted by atomic mass is 10.1. The third-order valence-corrected chi connectivity index (χ3v) is 4.05.